The minimum atomic E-state index is -1.66. The van der Waals surface area contributed by atoms with E-state index < -0.39 is 8.32 Å². The van der Waals surface area contributed by atoms with Gasteiger partial charge in [-0.2, -0.15) is 0 Å². The molecule has 0 saturated carbocycles. The van der Waals surface area contributed by atoms with Crippen molar-refractivity contribution >= 4 is 24.2 Å². The van der Waals surface area contributed by atoms with E-state index in [9.17, 15) is 0 Å². The maximum Gasteiger partial charge on any atom is 0.192 e. The quantitative estimate of drug-likeness (QED) is 0.584. The first-order valence-electron chi connectivity index (χ1n) is 6.40. The molecule has 0 saturated heterocycles. The van der Waals surface area contributed by atoms with Crippen LogP contribution in [0.2, 0.25) is 18.1 Å². The van der Waals surface area contributed by atoms with E-state index in [0.717, 1.165) is 11.0 Å². The molecule has 0 radical (unpaired) electrons. The highest BCUT2D eigenvalue weighted by Gasteiger charge is 2.38. The average molecular weight is 330 g/mol. The Morgan fingerprint density at radius 1 is 1.39 bits per heavy atom. The number of rotatable bonds is 4. The molecule has 1 aromatic heterocycles. The Morgan fingerprint density at radius 2 is 2.00 bits per heavy atom. The maximum absolute atomic E-state index is 6.35. The summed E-state index contributed by atoms with van der Waals surface area (Å²) in [5, 5.41) is 0.264. The normalized spacial score (nSPS) is 14.6. The lowest BCUT2D eigenvalue weighted by molar-refractivity contribution is 0.199. The molecule has 1 heterocycles. The molecule has 0 aliphatic heterocycles. The molecular formula is C14H24BrNOSi. The van der Waals surface area contributed by atoms with Crippen molar-refractivity contribution in [1.29, 1.82) is 0 Å². The Morgan fingerprint density at radius 3 is 2.50 bits per heavy atom. The van der Waals surface area contributed by atoms with E-state index in [0.29, 0.717) is 0 Å². The molecule has 4 heteroatoms. The summed E-state index contributed by atoms with van der Waals surface area (Å²) in [4.78, 5) is 4.15. The SMILES string of the molecule is C[C@@H](Cc1ccnc(Br)c1)O[Si](C)(C)C(C)(C)C. The fraction of sp³-hybridized carbons (Fsp3) is 0.643. The van der Waals surface area contributed by atoms with Crippen LogP contribution < -0.4 is 0 Å². The van der Waals surface area contributed by atoms with E-state index in [1.807, 2.05) is 6.20 Å². The van der Waals surface area contributed by atoms with Gasteiger partial charge in [0.2, 0.25) is 0 Å². The van der Waals surface area contributed by atoms with E-state index in [1.54, 1.807) is 0 Å². The van der Waals surface area contributed by atoms with Gasteiger partial charge in [0.05, 0.1) is 0 Å². The summed E-state index contributed by atoms with van der Waals surface area (Å²) in [6.07, 6.45) is 3.02. The molecule has 18 heavy (non-hydrogen) atoms. The molecule has 1 atom stereocenters. The van der Waals surface area contributed by atoms with Gasteiger partial charge in [-0.25, -0.2) is 4.98 Å². The number of aromatic nitrogens is 1. The van der Waals surface area contributed by atoms with Crippen LogP contribution in [0.5, 0.6) is 0 Å². The number of pyridine rings is 1. The molecule has 0 aromatic carbocycles. The third-order valence-corrected chi connectivity index (χ3v) is 8.65. The zero-order valence-corrected chi connectivity index (χ0v) is 14.8. The summed E-state index contributed by atoms with van der Waals surface area (Å²) in [5.41, 5.74) is 1.27. The van der Waals surface area contributed by atoms with Gasteiger partial charge in [-0.05, 0) is 65.1 Å². The van der Waals surface area contributed by atoms with Crippen molar-refractivity contribution in [2.24, 2.45) is 0 Å². The largest absolute Gasteiger partial charge is 0.414 e. The van der Waals surface area contributed by atoms with Crippen LogP contribution in [-0.4, -0.2) is 19.4 Å². The Hall–Kier alpha value is -0.193. The first-order chi connectivity index (χ1) is 8.12. The average Bonchev–Trinajstić information content (AvgIpc) is 2.14. The minimum Gasteiger partial charge on any atom is -0.414 e. The maximum atomic E-state index is 6.35. The monoisotopic (exact) mass is 329 g/mol. The predicted molar refractivity (Wildman–Crippen MR) is 83.4 cm³/mol. The molecule has 0 spiro atoms. The van der Waals surface area contributed by atoms with Gasteiger partial charge in [0.15, 0.2) is 8.32 Å². The Labute approximate surface area is 120 Å². The summed E-state index contributed by atoms with van der Waals surface area (Å²) in [6.45, 7) is 13.6. The molecule has 1 aromatic rings. The van der Waals surface area contributed by atoms with Crippen LogP contribution in [0.4, 0.5) is 0 Å². The highest BCUT2D eigenvalue weighted by Crippen LogP contribution is 2.37. The van der Waals surface area contributed by atoms with Crippen molar-refractivity contribution in [2.45, 2.75) is 58.4 Å². The van der Waals surface area contributed by atoms with Crippen LogP contribution in [0.3, 0.4) is 0 Å². The van der Waals surface area contributed by atoms with Crippen molar-refractivity contribution in [3.8, 4) is 0 Å². The van der Waals surface area contributed by atoms with Gasteiger partial charge in [-0.1, -0.05) is 20.8 Å². The highest BCUT2D eigenvalue weighted by atomic mass is 79.9. The summed E-state index contributed by atoms with van der Waals surface area (Å²) < 4.78 is 7.24. The van der Waals surface area contributed by atoms with Crippen molar-refractivity contribution in [3.63, 3.8) is 0 Å². The molecule has 2 nitrogen and oxygen atoms in total. The van der Waals surface area contributed by atoms with Gasteiger partial charge in [0.1, 0.15) is 4.60 Å². The molecule has 1 rings (SSSR count). The fourth-order valence-corrected chi connectivity index (χ4v) is 3.48. The van der Waals surface area contributed by atoms with Crippen molar-refractivity contribution < 1.29 is 4.43 Å². The van der Waals surface area contributed by atoms with Crippen molar-refractivity contribution in [3.05, 3.63) is 28.5 Å². The minimum absolute atomic E-state index is 0.250. The number of nitrogens with zero attached hydrogens (tertiary/aromatic N) is 1. The molecule has 0 amide bonds. The van der Waals surface area contributed by atoms with E-state index in [2.05, 4.69) is 73.8 Å². The summed E-state index contributed by atoms with van der Waals surface area (Å²) in [6, 6.07) is 4.11. The zero-order chi connectivity index (χ0) is 14.0. The van der Waals surface area contributed by atoms with Gasteiger partial charge >= 0.3 is 0 Å². The van der Waals surface area contributed by atoms with E-state index in [4.69, 9.17) is 4.43 Å². The molecule has 0 aliphatic rings. The van der Waals surface area contributed by atoms with Crippen molar-refractivity contribution in [1.82, 2.24) is 4.98 Å². The molecule has 0 fully saturated rings. The fourth-order valence-electron chi connectivity index (χ4n) is 1.62. The van der Waals surface area contributed by atoms with E-state index in [1.165, 1.54) is 5.56 Å². The third-order valence-electron chi connectivity index (χ3n) is 3.62. The van der Waals surface area contributed by atoms with Gasteiger partial charge in [-0.3, -0.25) is 0 Å². The summed E-state index contributed by atoms with van der Waals surface area (Å²) in [5.74, 6) is 0. The van der Waals surface area contributed by atoms with Crippen molar-refractivity contribution in [2.75, 3.05) is 0 Å². The van der Waals surface area contributed by atoms with Crippen LogP contribution in [-0.2, 0) is 10.8 Å². The first kappa shape index (κ1) is 15.9. The smallest absolute Gasteiger partial charge is 0.192 e. The first-order valence-corrected chi connectivity index (χ1v) is 10.1. The number of hydrogen-bond acceptors (Lipinski definition) is 2. The van der Waals surface area contributed by atoms with Gasteiger partial charge < -0.3 is 4.43 Å². The Kier molecular flexibility index (Phi) is 5.15. The molecular weight excluding hydrogens is 306 g/mol. The van der Waals surface area contributed by atoms with E-state index in [-0.39, 0.29) is 11.1 Å². The van der Waals surface area contributed by atoms with Gasteiger partial charge in [0.25, 0.3) is 0 Å². The molecule has 0 N–H and O–H groups in total. The topological polar surface area (TPSA) is 22.1 Å². The van der Waals surface area contributed by atoms with Crippen LogP contribution in [0.25, 0.3) is 0 Å². The zero-order valence-electron chi connectivity index (χ0n) is 12.2. The lowest BCUT2D eigenvalue weighted by Crippen LogP contribution is -2.43. The third kappa shape index (κ3) is 4.48. The molecule has 0 aliphatic carbocycles. The standard InChI is InChI=1S/C14H24BrNOSi/c1-11(17-18(5,6)14(2,3)4)9-12-7-8-16-13(15)10-12/h7-8,10-11H,9H2,1-6H3/t11-/m0/s1. The summed E-state index contributed by atoms with van der Waals surface area (Å²) >= 11 is 3.40. The van der Waals surface area contributed by atoms with Gasteiger partial charge in [-0.15, -0.1) is 0 Å². The molecule has 0 unspecified atom stereocenters. The second kappa shape index (κ2) is 5.84. The Balaban J connectivity index is 2.65. The van der Waals surface area contributed by atoms with Crippen LogP contribution >= 0.6 is 15.9 Å². The van der Waals surface area contributed by atoms with Crippen LogP contribution in [0.1, 0.15) is 33.3 Å². The second-order valence-electron chi connectivity index (χ2n) is 6.38. The Bertz CT molecular complexity index is 401. The number of hydrogen-bond donors (Lipinski definition) is 0. The van der Waals surface area contributed by atoms with Gasteiger partial charge in [0, 0.05) is 12.3 Å². The van der Waals surface area contributed by atoms with Crippen LogP contribution in [0.15, 0.2) is 22.9 Å². The second-order valence-corrected chi connectivity index (χ2v) is 11.9. The highest BCUT2D eigenvalue weighted by molar-refractivity contribution is 9.10. The van der Waals surface area contributed by atoms with E-state index >= 15 is 0 Å². The molecule has 0 bridgehead atoms. The van der Waals surface area contributed by atoms with Crippen LogP contribution in [0, 0.1) is 0 Å². The predicted octanol–water partition coefficient (Wildman–Crippen LogP) is 4.80. The number of halogens is 1. The lowest BCUT2D eigenvalue weighted by atomic mass is 10.1. The summed E-state index contributed by atoms with van der Waals surface area (Å²) in [7, 11) is -1.66. The lowest BCUT2D eigenvalue weighted by Gasteiger charge is -2.38. The molecule has 102 valence electrons.